The number of para-hydroxylation sites is 2. The molecule has 0 aliphatic carbocycles. The molecule has 10 heteroatoms. The molecule has 0 spiro atoms. The third kappa shape index (κ3) is 4.53. The fourth-order valence-corrected chi connectivity index (χ4v) is 3.88. The van der Waals surface area contributed by atoms with Crippen LogP contribution in [0, 0.1) is 27.4 Å². The number of methoxy groups -OCH3 is 1. The molecule has 0 radical (unpaired) electrons. The van der Waals surface area contributed by atoms with Gasteiger partial charge in [-0.2, -0.15) is 5.26 Å². The monoisotopic (exact) mass is 453 g/mol. The number of amides is 1. The molecule has 0 unspecified atom stereocenters. The fraction of sp³-hybridized carbons (Fsp3) is 0.318. The van der Waals surface area contributed by atoms with Crippen LogP contribution in [0.2, 0.25) is 0 Å². The minimum Gasteiger partial charge on any atom is -0.495 e. The zero-order valence-electron chi connectivity index (χ0n) is 18.2. The number of fused-ring (bicyclic) bond motifs is 1. The number of imidazole rings is 1. The highest BCUT2D eigenvalue weighted by atomic mass is 32.2. The predicted molar refractivity (Wildman–Crippen MR) is 122 cm³/mol. The van der Waals surface area contributed by atoms with Crippen LogP contribution in [0.5, 0.6) is 5.75 Å². The van der Waals surface area contributed by atoms with Crippen molar-refractivity contribution in [1.29, 1.82) is 5.26 Å². The van der Waals surface area contributed by atoms with Gasteiger partial charge < -0.3 is 10.1 Å². The molecule has 2 aromatic carbocycles. The summed E-state index contributed by atoms with van der Waals surface area (Å²) in [6.45, 7) is 5.42. The molecule has 3 aromatic rings. The summed E-state index contributed by atoms with van der Waals surface area (Å²) in [7, 11) is 1.55. The van der Waals surface area contributed by atoms with Crippen LogP contribution in [0.3, 0.4) is 0 Å². The van der Waals surface area contributed by atoms with Crippen molar-refractivity contribution in [3.05, 3.63) is 52.6 Å². The highest BCUT2D eigenvalue weighted by molar-refractivity contribution is 7.99. The van der Waals surface area contributed by atoms with Gasteiger partial charge in [-0.1, -0.05) is 37.7 Å². The molecule has 0 bridgehead atoms. The first-order valence-corrected chi connectivity index (χ1v) is 10.8. The van der Waals surface area contributed by atoms with E-state index in [0.29, 0.717) is 27.6 Å². The number of non-ortho nitro benzene ring substituents is 1. The SMILES string of the molecule is COc1ccccc1-n1c(SCC(=O)N[C@@](C)(C#N)C(C)C)nc2cc([N+](=O)[O-])ccc21. The molecule has 0 fully saturated rings. The van der Waals surface area contributed by atoms with E-state index in [0.717, 1.165) is 0 Å². The molecule has 166 valence electrons. The van der Waals surface area contributed by atoms with Crippen LogP contribution >= 0.6 is 11.8 Å². The number of rotatable bonds is 8. The largest absolute Gasteiger partial charge is 0.495 e. The van der Waals surface area contributed by atoms with Gasteiger partial charge in [0.15, 0.2) is 5.16 Å². The van der Waals surface area contributed by atoms with Crippen molar-refractivity contribution in [3.63, 3.8) is 0 Å². The molecule has 1 aromatic heterocycles. The Labute approximate surface area is 189 Å². The lowest BCUT2D eigenvalue weighted by Gasteiger charge is -2.27. The maximum Gasteiger partial charge on any atom is 0.271 e. The highest BCUT2D eigenvalue weighted by Gasteiger charge is 2.30. The van der Waals surface area contributed by atoms with Crippen LogP contribution in [0.4, 0.5) is 5.69 Å². The molecule has 1 atom stereocenters. The summed E-state index contributed by atoms with van der Waals surface area (Å²) < 4.78 is 7.29. The number of nitrogens with one attached hydrogen (secondary N) is 1. The smallest absolute Gasteiger partial charge is 0.271 e. The van der Waals surface area contributed by atoms with Crippen LogP contribution < -0.4 is 10.1 Å². The molecule has 32 heavy (non-hydrogen) atoms. The van der Waals surface area contributed by atoms with Gasteiger partial charge in [-0.25, -0.2) is 4.98 Å². The minimum absolute atomic E-state index is 0.0184. The summed E-state index contributed by atoms with van der Waals surface area (Å²) in [5.74, 6) is 0.232. The molecular weight excluding hydrogens is 430 g/mol. The van der Waals surface area contributed by atoms with Gasteiger partial charge in [0.25, 0.3) is 5.69 Å². The fourth-order valence-electron chi connectivity index (χ4n) is 3.06. The average molecular weight is 454 g/mol. The Hall–Kier alpha value is -3.58. The van der Waals surface area contributed by atoms with E-state index in [1.54, 1.807) is 26.2 Å². The number of carbonyl (C=O) groups is 1. The number of ether oxygens (including phenoxy) is 1. The molecule has 1 amide bonds. The number of nitrogens with zero attached hydrogens (tertiary/aromatic N) is 4. The second-order valence-electron chi connectivity index (χ2n) is 7.64. The first-order valence-electron chi connectivity index (χ1n) is 9.85. The minimum atomic E-state index is -0.985. The number of nitriles is 1. The van der Waals surface area contributed by atoms with Crippen LogP contribution in [0.15, 0.2) is 47.6 Å². The maximum atomic E-state index is 12.6. The number of carbonyl (C=O) groups excluding carboxylic acids is 1. The molecule has 0 saturated carbocycles. The molecule has 0 saturated heterocycles. The number of benzene rings is 2. The summed E-state index contributed by atoms with van der Waals surface area (Å²) in [6, 6.07) is 13.9. The van der Waals surface area contributed by atoms with E-state index in [4.69, 9.17) is 4.74 Å². The third-order valence-electron chi connectivity index (χ3n) is 5.26. The van der Waals surface area contributed by atoms with Gasteiger partial charge in [-0.3, -0.25) is 19.5 Å². The van der Waals surface area contributed by atoms with E-state index in [-0.39, 0.29) is 23.3 Å². The van der Waals surface area contributed by atoms with Gasteiger partial charge in [0.1, 0.15) is 11.3 Å². The van der Waals surface area contributed by atoms with Crippen molar-refractivity contribution in [2.24, 2.45) is 5.92 Å². The van der Waals surface area contributed by atoms with Gasteiger partial charge in [0, 0.05) is 12.1 Å². The van der Waals surface area contributed by atoms with Gasteiger partial charge in [-0.15, -0.1) is 0 Å². The van der Waals surface area contributed by atoms with E-state index in [1.165, 1.54) is 23.9 Å². The van der Waals surface area contributed by atoms with Gasteiger partial charge in [0.05, 0.1) is 40.6 Å². The topological polar surface area (TPSA) is 123 Å². The average Bonchev–Trinajstić information content (AvgIpc) is 3.14. The quantitative estimate of drug-likeness (QED) is 0.309. The van der Waals surface area contributed by atoms with Crippen molar-refractivity contribution in [2.45, 2.75) is 31.5 Å². The summed E-state index contributed by atoms with van der Waals surface area (Å²) >= 11 is 1.18. The Morgan fingerprint density at radius 3 is 2.72 bits per heavy atom. The number of nitro benzene ring substituents is 1. The van der Waals surface area contributed by atoms with E-state index in [2.05, 4.69) is 16.4 Å². The Kier molecular flexibility index (Phi) is 6.69. The summed E-state index contributed by atoms with van der Waals surface area (Å²) in [5, 5.41) is 23.9. The van der Waals surface area contributed by atoms with Crippen molar-refractivity contribution >= 4 is 34.4 Å². The molecule has 1 heterocycles. The number of aromatic nitrogens is 2. The molecule has 3 rings (SSSR count). The maximum absolute atomic E-state index is 12.6. The number of hydrogen-bond acceptors (Lipinski definition) is 7. The number of thioether (sulfide) groups is 1. The van der Waals surface area contributed by atoms with Gasteiger partial charge >= 0.3 is 0 Å². The van der Waals surface area contributed by atoms with Crippen LogP contribution in [0.1, 0.15) is 20.8 Å². The Balaban J connectivity index is 2.01. The molecule has 0 aliphatic rings. The number of nitro groups is 1. The highest BCUT2D eigenvalue weighted by Crippen LogP contribution is 2.33. The molecular formula is C22H23N5O4S. The molecule has 0 aliphatic heterocycles. The Morgan fingerprint density at radius 1 is 1.38 bits per heavy atom. The summed E-state index contributed by atoms with van der Waals surface area (Å²) in [6.07, 6.45) is 0. The predicted octanol–water partition coefficient (Wildman–Crippen LogP) is 4.09. The van der Waals surface area contributed by atoms with Crippen molar-refractivity contribution in [3.8, 4) is 17.5 Å². The van der Waals surface area contributed by atoms with Crippen LogP contribution in [0.25, 0.3) is 16.7 Å². The lowest BCUT2D eigenvalue weighted by Crippen LogP contribution is -2.49. The van der Waals surface area contributed by atoms with E-state index in [1.807, 2.05) is 36.6 Å². The van der Waals surface area contributed by atoms with Crippen LogP contribution in [-0.4, -0.2) is 38.8 Å². The first kappa shape index (κ1) is 23.1. The summed E-state index contributed by atoms with van der Waals surface area (Å²) in [5.41, 5.74) is 0.710. The second-order valence-corrected chi connectivity index (χ2v) is 8.58. The second kappa shape index (κ2) is 9.28. The lowest BCUT2D eigenvalue weighted by molar-refractivity contribution is -0.384. The van der Waals surface area contributed by atoms with Crippen molar-refractivity contribution < 1.29 is 14.5 Å². The molecule has 1 N–H and O–H groups in total. The standard InChI is InChI=1S/C22H23N5O4S/c1-14(2)22(3,13-23)25-20(28)12-32-21-24-16-11-15(27(29)30)9-10-17(16)26(21)18-7-5-6-8-19(18)31-4/h5-11,14H,12H2,1-4H3,(H,25,28)/t22-/m0/s1. The normalized spacial score (nSPS) is 12.9. The zero-order chi connectivity index (χ0) is 23.5. The Morgan fingerprint density at radius 2 is 2.09 bits per heavy atom. The summed E-state index contributed by atoms with van der Waals surface area (Å²) in [4.78, 5) is 27.9. The van der Waals surface area contributed by atoms with Crippen molar-refractivity contribution in [1.82, 2.24) is 14.9 Å². The number of hydrogen-bond donors (Lipinski definition) is 1. The van der Waals surface area contributed by atoms with E-state index < -0.39 is 10.5 Å². The Bertz CT molecular complexity index is 1220. The van der Waals surface area contributed by atoms with Gasteiger partial charge in [-0.05, 0) is 31.0 Å². The van der Waals surface area contributed by atoms with Gasteiger partial charge in [0.2, 0.25) is 5.91 Å². The van der Waals surface area contributed by atoms with E-state index >= 15 is 0 Å². The van der Waals surface area contributed by atoms with E-state index in [9.17, 15) is 20.2 Å². The van der Waals surface area contributed by atoms with Crippen molar-refractivity contribution in [2.75, 3.05) is 12.9 Å². The zero-order valence-corrected chi connectivity index (χ0v) is 19.0. The van der Waals surface area contributed by atoms with Crippen LogP contribution in [-0.2, 0) is 4.79 Å². The lowest BCUT2D eigenvalue weighted by atomic mass is 9.90. The third-order valence-corrected chi connectivity index (χ3v) is 6.20. The molecule has 9 nitrogen and oxygen atoms in total. The first-order chi connectivity index (χ1) is 15.2.